The van der Waals surface area contributed by atoms with Crippen LogP contribution in [0.2, 0.25) is 0 Å². The van der Waals surface area contributed by atoms with Crippen LogP contribution < -0.4 is 18.9 Å². The van der Waals surface area contributed by atoms with Gasteiger partial charge in [-0.1, -0.05) is 0 Å². The molecule has 0 radical (unpaired) electrons. The lowest BCUT2D eigenvalue weighted by molar-refractivity contribution is -0.131. The minimum absolute atomic E-state index is 0.275. The smallest absolute Gasteiger partial charge is 0.347 e. The van der Waals surface area contributed by atoms with E-state index in [4.69, 9.17) is 18.9 Å². The Morgan fingerprint density at radius 1 is 0.783 bits per heavy atom. The second-order valence-corrected chi connectivity index (χ2v) is 4.52. The molecule has 2 aromatic rings. The second kappa shape index (κ2) is 7.31. The molecule has 0 fully saturated rings. The number of carbonyl (C=O) groups is 2. The first-order chi connectivity index (χ1) is 11.0. The molecule has 0 bridgehead atoms. The highest BCUT2D eigenvalue weighted by Crippen LogP contribution is 2.26. The van der Waals surface area contributed by atoms with Crippen molar-refractivity contribution in [2.75, 3.05) is 14.2 Å². The molecular formula is C17H16O6. The second-order valence-electron chi connectivity index (χ2n) is 4.52. The molecule has 0 spiro atoms. The fourth-order valence-corrected chi connectivity index (χ4v) is 1.87. The average Bonchev–Trinajstić information content (AvgIpc) is 2.55. The largest absolute Gasteiger partial charge is 0.497 e. The van der Waals surface area contributed by atoms with Crippen LogP contribution in [0.3, 0.4) is 0 Å². The molecule has 6 nitrogen and oxygen atoms in total. The number of rotatable bonds is 5. The summed E-state index contributed by atoms with van der Waals surface area (Å²) in [6, 6.07) is 10.9. The van der Waals surface area contributed by atoms with Crippen molar-refractivity contribution in [1.29, 1.82) is 0 Å². The first-order valence-corrected chi connectivity index (χ1v) is 6.76. The van der Waals surface area contributed by atoms with Crippen molar-refractivity contribution in [3.05, 3.63) is 48.0 Å². The van der Waals surface area contributed by atoms with E-state index < -0.39 is 11.9 Å². The van der Waals surface area contributed by atoms with Crippen molar-refractivity contribution >= 4 is 11.9 Å². The maximum absolute atomic E-state index is 12.2. The Morgan fingerprint density at radius 2 is 1.35 bits per heavy atom. The molecule has 0 saturated carbocycles. The summed E-state index contributed by atoms with van der Waals surface area (Å²) < 4.78 is 20.4. The fraction of sp³-hybridized carbons (Fsp3) is 0.176. The molecular weight excluding hydrogens is 300 g/mol. The van der Waals surface area contributed by atoms with E-state index in [9.17, 15) is 9.59 Å². The van der Waals surface area contributed by atoms with E-state index >= 15 is 0 Å². The first-order valence-electron chi connectivity index (χ1n) is 6.76. The molecule has 0 saturated heterocycles. The topological polar surface area (TPSA) is 71.1 Å². The van der Waals surface area contributed by atoms with Crippen molar-refractivity contribution < 1.29 is 28.5 Å². The van der Waals surface area contributed by atoms with Gasteiger partial charge in [0.15, 0.2) is 0 Å². The highest BCUT2D eigenvalue weighted by Gasteiger charge is 2.15. The van der Waals surface area contributed by atoms with Crippen molar-refractivity contribution in [3.63, 3.8) is 0 Å². The maximum Gasteiger partial charge on any atom is 0.347 e. The zero-order valence-corrected chi connectivity index (χ0v) is 13.0. The number of hydrogen-bond acceptors (Lipinski definition) is 6. The lowest BCUT2D eigenvalue weighted by atomic mass is 10.2. The quantitative estimate of drug-likeness (QED) is 0.624. The Balaban J connectivity index is 2.14. The normalized spacial score (nSPS) is 9.87. The fourth-order valence-electron chi connectivity index (χ4n) is 1.87. The van der Waals surface area contributed by atoms with Crippen LogP contribution in [0.15, 0.2) is 42.5 Å². The van der Waals surface area contributed by atoms with E-state index in [1.165, 1.54) is 45.4 Å². The van der Waals surface area contributed by atoms with E-state index in [1.807, 2.05) is 0 Å². The van der Waals surface area contributed by atoms with Gasteiger partial charge in [0.25, 0.3) is 0 Å². The van der Waals surface area contributed by atoms with Crippen LogP contribution in [-0.4, -0.2) is 26.2 Å². The Hall–Kier alpha value is -3.02. The summed E-state index contributed by atoms with van der Waals surface area (Å²) in [5.74, 6) is 0.639. The number of ether oxygens (including phenoxy) is 4. The Morgan fingerprint density at radius 3 is 1.87 bits per heavy atom. The van der Waals surface area contributed by atoms with Crippen LogP contribution in [0.4, 0.5) is 0 Å². The zero-order valence-electron chi connectivity index (χ0n) is 13.0. The monoisotopic (exact) mass is 316 g/mol. The summed E-state index contributed by atoms with van der Waals surface area (Å²) in [6.45, 7) is 1.31. The van der Waals surface area contributed by atoms with Crippen molar-refractivity contribution in [2.24, 2.45) is 0 Å². The van der Waals surface area contributed by atoms with Gasteiger partial charge in [-0.15, -0.1) is 0 Å². The molecule has 0 atom stereocenters. The average molecular weight is 316 g/mol. The van der Waals surface area contributed by atoms with Crippen LogP contribution in [-0.2, 0) is 4.79 Å². The molecule has 2 rings (SSSR count). The summed E-state index contributed by atoms with van der Waals surface area (Å²) in [4.78, 5) is 23.1. The first kappa shape index (κ1) is 16.4. The van der Waals surface area contributed by atoms with E-state index in [1.54, 1.807) is 18.2 Å². The summed E-state index contributed by atoms with van der Waals surface area (Å²) in [5.41, 5.74) is 0.275. The van der Waals surface area contributed by atoms with Gasteiger partial charge in [0.05, 0.1) is 14.2 Å². The maximum atomic E-state index is 12.2. The highest BCUT2D eigenvalue weighted by atomic mass is 16.5. The molecule has 120 valence electrons. The number of esters is 2. The molecule has 0 aliphatic rings. The zero-order chi connectivity index (χ0) is 16.8. The van der Waals surface area contributed by atoms with Crippen LogP contribution in [0.5, 0.6) is 23.0 Å². The van der Waals surface area contributed by atoms with Crippen molar-refractivity contribution in [2.45, 2.75) is 6.92 Å². The minimum Gasteiger partial charge on any atom is -0.497 e. The lowest BCUT2D eigenvalue weighted by Gasteiger charge is -2.10. The van der Waals surface area contributed by atoms with Gasteiger partial charge in [-0.25, -0.2) is 4.79 Å². The Labute approximate surface area is 133 Å². The summed E-state index contributed by atoms with van der Waals surface area (Å²) in [7, 11) is 2.98. The van der Waals surface area contributed by atoms with Gasteiger partial charge in [0.1, 0.15) is 28.6 Å². The SMILES string of the molecule is COc1ccc(C(=O)Oc2ccc(OC(C)=O)cc2)c(OC)c1. The molecule has 0 N–H and O–H groups in total. The van der Waals surface area contributed by atoms with Gasteiger partial charge in [0, 0.05) is 13.0 Å². The predicted molar refractivity (Wildman–Crippen MR) is 82.3 cm³/mol. The van der Waals surface area contributed by atoms with Gasteiger partial charge in [-0.3, -0.25) is 4.79 Å². The number of benzene rings is 2. The molecule has 2 aromatic carbocycles. The van der Waals surface area contributed by atoms with Gasteiger partial charge < -0.3 is 18.9 Å². The van der Waals surface area contributed by atoms with Gasteiger partial charge in [-0.05, 0) is 36.4 Å². The van der Waals surface area contributed by atoms with Crippen molar-refractivity contribution in [1.82, 2.24) is 0 Å². The van der Waals surface area contributed by atoms with Gasteiger partial charge >= 0.3 is 11.9 Å². The number of hydrogen-bond donors (Lipinski definition) is 0. The summed E-state index contributed by atoms with van der Waals surface area (Å²) in [6.07, 6.45) is 0. The van der Waals surface area contributed by atoms with E-state index in [2.05, 4.69) is 0 Å². The van der Waals surface area contributed by atoms with Gasteiger partial charge in [0.2, 0.25) is 0 Å². The third kappa shape index (κ3) is 4.23. The van der Waals surface area contributed by atoms with Crippen LogP contribution in [0.25, 0.3) is 0 Å². The predicted octanol–water partition coefficient (Wildman–Crippen LogP) is 2.85. The van der Waals surface area contributed by atoms with Gasteiger partial charge in [-0.2, -0.15) is 0 Å². The standard InChI is InChI=1S/C17H16O6/c1-11(18)22-12-4-6-13(7-5-12)23-17(19)15-9-8-14(20-2)10-16(15)21-3/h4-10H,1-3H3. The molecule has 0 heterocycles. The van der Waals surface area contributed by atoms with E-state index in [0.717, 1.165) is 0 Å². The number of methoxy groups -OCH3 is 2. The summed E-state index contributed by atoms with van der Waals surface area (Å²) >= 11 is 0. The Bertz CT molecular complexity index is 706. The van der Waals surface area contributed by atoms with Crippen LogP contribution in [0.1, 0.15) is 17.3 Å². The third-order valence-electron chi connectivity index (χ3n) is 2.92. The molecule has 0 aliphatic carbocycles. The molecule has 0 unspecified atom stereocenters. The lowest BCUT2D eigenvalue weighted by Crippen LogP contribution is -2.10. The Kier molecular flexibility index (Phi) is 5.19. The molecule has 23 heavy (non-hydrogen) atoms. The van der Waals surface area contributed by atoms with Crippen LogP contribution >= 0.6 is 0 Å². The number of carbonyl (C=O) groups excluding carboxylic acids is 2. The van der Waals surface area contributed by atoms with E-state index in [-0.39, 0.29) is 5.56 Å². The highest BCUT2D eigenvalue weighted by molar-refractivity contribution is 5.94. The van der Waals surface area contributed by atoms with Crippen molar-refractivity contribution in [3.8, 4) is 23.0 Å². The molecule has 0 aromatic heterocycles. The third-order valence-corrected chi connectivity index (χ3v) is 2.92. The summed E-state index contributed by atoms with van der Waals surface area (Å²) in [5, 5.41) is 0. The molecule has 6 heteroatoms. The molecule has 0 aliphatic heterocycles. The minimum atomic E-state index is -0.565. The van der Waals surface area contributed by atoms with Crippen LogP contribution in [0, 0.1) is 0 Å². The molecule has 0 amide bonds. The van der Waals surface area contributed by atoms with E-state index in [0.29, 0.717) is 23.0 Å².